The molecule has 0 unspecified atom stereocenters. The van der Waals surface area contributed by atoms with E-state index < -0.39 is 0 Å². The first kappa shape index (κ1) is 13.3. The second-order valence-corrected chi connectivity index (χ2v) is 4.71. The maximum absolute atomic E-state index is 11.0. The number of oxime groups is 1. The van der Waals surface area contributed by atoms with E-state index in [0.717, 1.165) is 0 Å². The second kappa shape index (κ2) is 5.90. The van der Waals surface area contributed by atoms with Crippen LogP contribution < -0.4 is 0 Å². The molecule has 0 aromatic heterocycles. The Kier molecular flexibility index (Phi) is 5.60. The lowest BCUT2D eigenvalue weighted by Crippen LogP contribution is -2.19. The predicted octanol–water partition coefficient (Wildman–Crippen LogP) is 2.12. The van der Waals surface area contributed by atoms with Crippen LogP contribution in [-0.2, 0) is 9.53 Å². The van der Waals surface area contributed by atoms with Gasteiger partial charge in [0.25, 0.3) is 0 Å². The van der Waals surface area contributed by atoms with Crippen molar-refractivity contribution in [1.29, 1.82) is 0 Å². The SMILES string of the molecule is CCOC(=O)CSC(=NO)C(C)(C)C. The van der Waals surface area contributed by atoms with Gasteiger partial charge in [-0.1, -0.05) is 37.7 Å². The number of rotatable bonds is 3. The summed E-state index contributed by atoms with van der Waals surface area (Å²) in [5.74, 6) is -0.104. The number of thioether (sulfide) groups is 1. The van der Waals surface area contributed by atoms with Crippen molar-refractivity contribution in [1.82, 2.24) is 0 Å². The van der Waals surface area contributed by atoms with Crippen LogP contribution in [0.5, 0.6) is 0 Å². The fourth-order valence-electron chi connectivity index (χ4n) is 0.725. The molecule has 0 spiro atoms. The molecule has 0 heterocycles. The number of esters is 1. The van der Waals surface area contributed by atoms with Crippen molar-refractivity contribution in [3.05, 3.63) is 0 Å². The molecular formula is C9H17NO3S. The van der Waals surface area contributed by atoms with E-state index >= 15 is 0 Å². The largest absolute Gasteiger partial charge is 0.465 e. The number of ether oxygens (including phenoxy) is 1. The van der Waals surface area contributed by atoms with Gasteiger partial charge in [-0.3, -0.25) is 4.79 Å². The Hall–Kier alpha value is -0.710. The number of hydrogen-bond acceptors (Lipinski definition) is 5. The van der Waals surface area contributed by atoms with Crippen molar-refractivity contribution < 1.29 is 14.7 Å². The third-order valence-corrected chi connectivity index (χ3v) is 2.71. The minimum Gasteiger partial charge on any atom is -0.465 e. The predicted molar refractivity (Wildman–Crippen MR) is 57.8 cm³/mol. The molecule has 4 nitrogen and oxygen atoms in total. The quantitative estimate of drug-likeness (QED) is 0.260. The molecule has 1 N–H and O–H groups in total. The van der Waals surface area contributed by atoms with Gasteiger partial charge in [-0.05, 0) is 6.92 Å². The molecule has 0 aromatic rings. The molecule has 0 rings (SSSR count). The molecule has 0 aromatic carbocycles. The first-order valence-electron chi connectivity index (χ1n) is 4.42. The first-order valence-corrected chi connectivity index (χ1v) is 5.41. The van der Waals surface area contributed by atoms with Crippen molar-refractivity contribution in [2.24, 2.45) is 10.6 Å². The summed E-state index contributed by atoms with van der Waals surface area (Å²) in [5.41, 5.74) is -0.244. The Labute approximate surface area is 88.7 Å². The standard InChI is InChI=1S/C9H17NO3S/c1-5-13-7(11)6-14-8(10-12)9(2,3)4/h12H,5-6H2,1-4H3. The topological polar surface area (TPSA) is 58.9 Å². The Morgan fingerprint density at radius 2 is 2.07 bits per heavy atom. The minimum atomic E-state index is -0.289. The van der Waals surface area contributed by atoms with Crippen LogP contribution in [-0.4, -0.2) is 28.6 Å². The minimum absolute atomic E-state index is 0.185. The Balaban J connectivity index is 4.05. The second-order valence-electron chi connectivity index (χ2n) is 3.75. The number of carbonyl (C=O) groups is 1. The molecule has 0 aliphatic heterocycles. The van der Waals surface area contributed by atoms with Gasteiger partial charge in [0.1, 0.15) is 5.04 Å². The molecule has 0 saturated carbocycles. The molecule has 14 heavy (non-hydrogen) atoms. The Bertz CT molecular complexity index is 221. The van der Waals surface area contributed by atoms with E-state index in [4.69, 9.17) is 9.94 Å². The van der Waals surface area contributed by atoms with E-state index in [9.17, 15) is 4.79 Å². The van der Waals surface area contributed by atoms with E-state index in [0.29, 0.717) is 11.7 Å². The van der Waals surface area contributed by atoms with Crippen molar-refractivity contribution in [3.8, 4) is 0 Å². The van der Waals surface area contributed by atoms with Gasteiger partial charge >= 0.3 is 5.97 Å². The summed E-state index contributed by atoms with van der Waals surface area (Å²) >= 11 is 1.20. The highest BCUT2D eigenvalue weighted by Crippen LogP contribution is 2.24. The van der Waals surface area contributed by atoms with Crippen LogP contribution in [0.3, 0.4) is 0 Å². The van der Waals surface area contributed by atoms with Crippen LogP contribution >= 0.6 is 11.8 Å². The van der Waals surface area contributed by atoms with Gasteiger partial charge in [-0.25, -0.2) is 0 Å². The van der Waals surface area contributed by atoms with Gasteiger partial charge in [0.15, 0.2) is 0 Å². The number of hydrogen-bond donors (Lipinski definition) is 1. The summed E-state index contributed by atoms with van der Waals surface area (Å²) in [6.45, 7) is 7.88. The Morgan fingerprint density at radius 3 is 2.43 bits per heavy atom. The van der Waals surface area contributed by atoms with Crippen LogP contribution in [0.15, 0.2) is 5.16 Å². The first-order chi connectivity index (χ1) is 6.41. The summed E-state index contributed by atoms with van der Waals surface area (Å²) in [5, 5.41) is 12.4. The van der Waals surface area contributed by atoms with Crippen LogP contribution in [0.2, 0.25) is 0 Å². The summed E-state index contributed by atoms with van der Waals surface area (Å²) < 4.78 is 4.75. The maximum atomic E-state index is 11.0. The van der Waals surface area contributed by atoms with Crippen molar-refractivity contribution in [2.45, 2.75) is 27.7 Å². The molecule has 0 aliphatic rings. The molecule has 0 atom stereocenters. The maximum Gasteiger partial charge on any atom is 0.316 e. The van der Waals surface area contributed by atoms with Gasteiger partial charge in [0.05, 0.1) is 12.4 Å². The third kappa shape index (κ3) is 5.11. The number of carbonyl (C=O) groups excluding carboxylic acids is 1. The fourth-order valence-corrected chi connectivity index (χ4v) is 1.55. The molecule has 0 bridgehead atoms. The molecule has 0 fully saturated rings. The van der Waals surface area contributed by atoms with Gasteiger partial charge in [-0.15, -0.1) is 0 Å². The molecule has 0 radical (unpaired) electrons. The molecule has 0 amide bonds. The van der Waals surface area contributed by atoms with Gasteiger partial charge in [0, 0.05) is 5.41 Å². The lowest BCUT2D eigenvalue weighted by Gasteiger charge is -2.18. The zero-order chi connectivity index (χ0) is 11.2. The molecule has 5 heteroatoms. The highest BCUT2D eigenvalue weighted by molar-refractivity contribution is 8.14. The van der Waals surface area contributed by atoms with Crippen molar-refractivity contribution >= 4 is 22.8 Å². The van der Waals surface area contributed by atoms with E-state index in [-0.39, 0.29) is 17.1 Å². The van der Waals surface area contributed by atoms with E-state index in [1.165, 1.54) is 11.8 Å². The van der Waals surface area contributed by atoms with Crippen LogP contribution in [0.25, 0.3) is 0 Å². The summed E-state index contributed by atoms with van der Waals surface area (Å²) in [6.07, 6.45) is 0. The average molecular weight is 219 g/mol. The van der Waals surface area contributed by atoms with E-state index in [1.807, 2.05) is 20.8 Å². The van der Waals surface area contributed by atoms with Gasteiger partial charge < -0.3 is 9.94 Å². The monoisotopic (exact) mass is 219 g/mol. The van der Waals surface area contributed by atoms with Crippen molar-refractivity contribution in [3.63, 3.8) is 0 Å². The van der Waals surface area contributed by atoms with Crippen molar-refractivity contribution in [2.75, 3.05) is 12.4 Å². The van der Waals surface area contributed by atoms with Crippen LogP contribution in [0.4, 0.5) is 0 Å². The molecule has 0 saturated heterocycles. The average Bonchev–Trinajstić information content (AvgIpc) is 2.03. The van der Waals surface area contributed by atoms with E-state index in [2.05, 4.69) is 5.16 Å². The lowest BCUT2D eigenvalue weighted by atomic mass is 9.99. The Morgan fingerprint density at radius 1 is 1.50 bits per heavy atom. The number of nitrogens with zero attached hydrogens (tertiary/aromatic N) is 1. The molecule has 82 valence electrons. The highest BCUT2D eigenvalue weighted by atomic mass is 32.2. The smallest absolute Gasteiger partial charge is 0.316 e. The third-order valence-electron chi connectivity index (χ3n) is 1.36. The molecular weight excluding hydrogens is 202 g/mol. The normalized spacial score (nSPS) is 12.7. The van der Waals surface area contributed by atoms with Crippen LogP contribution in [0, 0.1) is 5.41 Å². The zero-order valence-corrected chi connectivity index (χ0v) is 9.85. The van der Waals surface area contributed by atoms with Gasteiger partial charge in [-0.2, -0.15) is 0 Å². The fraction of sp³-hybridized carbons (Fsp3) is 0.778. The van der Waals surface area contributed by atoms with Gasteiger partial charge in [0.2, 0.25) is 0 Å². The summed E-state index contributed by atoms with van der Waals surface area (Å²) in [4.78, 5) is 11.0. The highest BCUT2D eigenvalue weighted by Gasteiger charge is 2.21. The summed E-state index contributed by atoms with van der Waals surface area (Å²) in [7, 11) is 0. The van der Waals surface area contributed by atoms with E-state index in [1.54, 1.807) is 6.92 Å². The zero-order valence-electron chi connectivity index (χ0n) is 9.03. The molecule has 0 aliphatic carbocycles. The lowest BCUT2D eigenvalue weighted by molar-refractivity contribution is -0.139. The van der Waals surface area contributed by atoms with Crippen LogP contribution in [0.1, 0.15) is 27.7 Å². The summed E-state index contributed by atoms with van der Waals surface area (Å²) in [6, 6.07) is 0.